The molecular weight excluding hydrogens is 1130 g/mol. The molecule has 2 fully saturated rings. The normalized spacial score (nSPS) is 23.7. The highest BCUT2D eigenvalue weighted by Gasteiger charge is 2.51. The van der Waals surface area contributed by atoms with Crippen molar-refractivity contribution in [3.8, 4) is 0 Å². The van der Waals surface area contributed by atoms with E-state index in [1.54, 1.807) is 6.08 Å². The number of ether oxygens (including phenoxy) is 4. The molecule has 2 heterocycles. The van der Waals surface area contributed by atoms with Gasteiger partial charge in [0.05, 0.1) is 32.0 Å². The Morgan fingerprint density at radius 1 is 0.411 bits per heavy atom. The van der Waals surface area contributed by atoms with E-state index in [2.05, 4.69) is 129 Å². The van der Waals surface area contributed by atoms with Crippen molar-refractivity contribution in [1.29, 1.82) is 0 Å². The molecule has 0 radical (unpaired) electrons. The summed E-state index contributed by atoms with van der Waals surface area (Å²) in [6.45, 7) is 2.68. The van der Waals surface area contributed by atoms with E-state index in [9.17, 15) is 45.6 Å². The zero-order valence-electron chi connectivity index (χ0n) is 56.1. The lowest BCUT2D eigenvalue weighted by atomic mass is 9.97. The molecule has 2 rings (SSSR count). The number of aliphatic hydroxyl groups is 8. The maximum absolute atomic E-state index is 13.3. The first-order valence-electron chi connectivity index (χ1n) is 35.8. The molecular formula is C76H129NO13. The number of rotatable bonds is 57. The van der Waals surface area contributed by atoms with Gasteiger partial charge >= 0.3 is 0 Å². The lowest BCUT2D eigenvalue weighted by Crippen LogP contribution is -2.65. The van der Waals surface area contributed by atoms with Crippen molar-refractivity contribution in [2.75, 3.05) is 19.8 Å². The summed E-state index contributed by atoms with van der Waals surface area (Å²) < 4.78 is 22.8. The van der Waals surface area contributed by atoms with Gasteiger partial charge in [0.2, 0.25) is 5.91 Å². The number of unbranched alkanes of at least 4 members (excludes halogenated alkanes) is 26. The van der Waals surface area contributed by atoms with Crippen LogP contribution in [-0.2, 0) is 23.7 Å². The molecule has 9 N–H and O–H groups in total. The standard InChI is InChI=1S/C76H129NO13/c1-3-5-7-9-11-13-15-17-19-20-21-22-23-24-25-26-27-28-29-30-31-32-33-34-35-36-37-38-39-40-41-42-43-44-46-48-50-52-54-56-58-60-68(81)77-64(65(80)59-57-55-53-51-49-47-45-18-16-14-12-10-8-6-4-2)63-87-75-73(86)71(84)74(67(62-79)89-75)90-76-72(85)70(83)69(82)66(61-78)88-76/h5,7,11,13,17,19,21-22,24-25,27-28,30-31,33-34,36-37,57,59,64-67,69-76,78-80,82-86H,3-4,6,8-10,12,14-16,18,20,23,26,29,32,35,38-56,58,60-63H2,1-2H3,(H,77,81)/b7-5-,13-11-,19-17-,22-21-,25-24-,28-27-,31-30-,34-33-,37-36-,59-57+. The highest BCUT2D eigenvalue weighted by Crippen LogP contribution is 2.30. The summed E-state index contributed by atoms with van der Waals surface area (Å²) in [5.41, 5.74) is 0. The lowest BCUT2D eigenvalue weighted by Gasteiger charge is -2.46. The molecule has 12 unspecified atom stereocenters. The second kappa shape index (κ2) is 59.2. The van der Waals surface area contributed by atoms with Gasteiger partial charge < -0.3 is 65.1 Å². The van der Waals surface area contributed by atoms with E-state index in [4.69, 9.17) is 18.9 Å². The number of hydrogen-bond acceptors (Lipinski definition) is 13. The minimum atomic E-state index is -1.79. The number of carbonyl (C=O) groups excluding carboxylic acids is 1. The molecule has 0 saturated carbocycles. The summed E-state index contributed by atoms with van der Waals surface area (Å²) in [6, 6.07) is -0.922. The summed E-state index contributed by atoms with van der Waals surface area (Å²) in [5.74, 6) is -0.244. The SMILES string of the molecule is CC/C=C\C/C=C\C/C=C\C/C=C\C/C=C\C/C=C\C/C=C\C/C=C\C/C=C\CCCCCCCCCCCCCCCC(=O)NC(COC1OC(CO)C(OC2OC(CO)C(O)C(O)C2O)C(O)C1O)C(O)/C=C/CCCCCCCCCCCCCCC. The van der Waals surface area contributed by atoms with E-state index in [-0.39, 0.29) is 18.9 Å². The molecule has 2 aliphatic rings. The fraction of sp³-hybridized carbons (Fsp3) is 0.724. The van der Waals surface area contributed by atoms with Crippen LogP contribution in [0.5, 0.6) is 0 Å². The molecule has 14 heteroatoms. The van der Waals surface area contributed by atoms with Gasteiger partial charge in [-0.15, -0.1) is 0 Å². The molecule has 0 aliphatic carbocycles. The third-order valence-electron chi connectivity index (χ3n) is 16.7. The van der Waals surface area contributed by atoms with Crippen LogP contribution in [0.25, 0.3) is 0 Å². The van der Waals surface area contributed by atoms with Crippen LogP contribution in [0.1, 0.15) is 258 Å². The number of nitrogens with one attached hydrogen (secondary N) is 1. The number of carbonyl (C=O) groups is 1. The molecule has 90 heavy (non-hydrogen) atoms. The Kier molecular flexibility index (Phi) is 54.2. The van der Waals surface area contributed by atoms with Crippen LogP contribution in [0.3, 0.4) is 0 Å². The zero-order valence-corrected chi connectivity index (χ0v) is 56.1. The first-order chi connectivity index (χ1) is 44.1. The minimum absolute atomic E-state index is 0.244. The Hall–Kier alpha value is -3.61. The molecule has 516 valence electrons. The molecule has 2 aliphatic heterocycles. The Bertz CT molecular complexity index is 1980. The van der Waals surface area contributed by atoms with Gasteiger partial charge in [0.25, 0.3) is 0 Å². The second-order valence-corrected chi connectivity index (χ2v) is 24.6. The van der Waals surface area contributed by atoms with Gasteiger partial charge in [0, 0.05) is 6.42 Å². The molecule has 0 aromatic carbocycles. The first kappa shape index (κ1) is 82.5. The van der Waals surface area contributed by atoms with E-state index < -0.39 is 86.8 Å². The lowest BCUT2D eigenvalue weighted by molar-refractivity contribution is -0.359. The summed E-state index contributed by atoms with van der Waals surface area (Å²) >= 11 is 0. The smallest absolute Gasteiger partial charge is 0.220 e. The highest BCUT2D eigenvalue weighted by molar-refractivity contribution is 5.76. The van der Waals surface area contributed by atoms with Crippen molar-refractivity contribution in [1.82, 2.24) is 5.32 Å². The highest BCUT2D eigenvalue weighted by atomic mass is 16.7. The maximum atomic E-state index is 13.3. The van der Waals surface area contributed by atoms with E-state index in [0.29, 0.717) is 6.42 Å². The number of allylic oxidation sites excluding steroid dienone is 19. The number of amides is 1. The van der Waals surface area contributed by atoms with E-state index in [1.807, 2.05) is 6.08 Å². The van der Waals surface area contributed by atoms with Crippen molar-refractivity contribution in [3.05, 3.63) is 122 Å². The van der Waals surface area contributed by atoms with Gasteiger partial charge in [-0.05, 0) is 89.9 Å². The van der Waals surface area contributed by atoms with Crippen LogP contribution in [0.2, 0.25) is 0 Å². The Morgan fingerprint density at radius 2 is 0.767 bits per heavy atom. The summed E-state index contributed by atoms with van der Waals surface area (Å²) in [6.07, 6.45) is 69.7. The van der Waals surface area contributed by atoms with Crippen molar-refractivity contribution < 1.29 is 64.6 Å². The molecule has 0 spiro atoms. The average Bonchev–Trinajstić information content (AvgIpc) is 1.58. The predicted octanol–water partition coefficient (Wildman–Crippen LogP) is 14.9. The minimum Gasteiger partial charge on any atom is -0.394 e. The van der Waals surface area contributed by atoms with E-state index in [1.165, 1.54) is 128 Å². The molecule has 0 aromatic heterocycles. The summed E-state index contributed by atoms with van der Waals surface area (Å²) in [5, 5.41) is 87.3. The third-order valence-corrected chi connectivity index (χ3v) is 16.7. The van der Waals surface area contributed by atoms with Crippen LogP contribution in [-0.4, -0.2) is 140 Å². The number of aliphatic hydroxyl groups excluding tert-OH is 8. The largest absolute Gasteiger partial charge is 0.394 e. The first-order valence-corrected chi connectivity index (χ1v) is 35.8. The fourth-order valence-corrected chi connectivity index (χ4v) is 11.0. The second-order valence-electron chi connectivity index (χ2n) is 24.6. The van der Waals surface area contributed by atoms with Gasteiger partial charge in [-0.1, -0.05) is 283 Å². The van der Waals surface area contributed by atoms with Crippen molar-refractivity contribution in [2.45, 2.75) is 331 Å². The number of hydrogen-bond donors (Lipinski definition) is 9. The van der Waals surface area contributed by atoms with Gasteiger partial charge in [-0.25, -0.2) is 0 Å². The molecule has 2 saturated heterocycles. The molecule has 1 amide bonds. The van der Waals surface area contributed by atoms with Crippen molar-refractivity contribution in [2.24, 2.45) is 0 Å². The summed E-state index contributed by atoms with van der Waals surface area (Å²) in [7, 11) is 0. The monoisotopic (exact) mass is 1260 g/mol. The fourth-order valence-electron chi connectivity index (χ4n) is 11.0. The van der Waals surface area contributed by atoms with E-state index in [0.717, 1.165) is 103 Å². The zero-order chi connectivity index (χ0) is 65.2. The Morgan fingerprint density at radius 3 is 1.18 bits per heavy atom. The van der Waals surface area contributed by atoms with Crippen LogP contribution >= 0.6 is 0 Å². The van der Waals surface area contributed by atoms with E-state index >= 15 is 0 Å². The van der Waals surface area contributed by atoms with Gasteiger partial charge in [-0.3, -0.25) is 4.79 Å². The Balaban J connectivity index is 1.60. The Labute approximate surface area is 546 Å². The predicted molar refractivity (Wildman–Crippen MR) is 368 cm³/mol. The van der Waals surface area contributed by atoms with Gasteiger partial charge in [0.1, 0.15) is 48.8 Å². The van der Waals surface area contributed by atoms with Crippen LogP contribution in [0.15, 0.2) is 122 Å². The van der Waals surface area contributed by atoms with Crippen molar-refractivity contribution in [3.63, 3.8) is 0 Å². The van der Waals surface area contributed by atoms with Crippen LogP contribution in [0, 0.1) is 0 Å². The quantitative estimate of drug-likeness (QED) is 0.0204. The van der Waals surface area contributed by atoms with Crippen LogP contribution in [0.4, 0.5) is 0 Å². The van der Waals surface area contributed by atoms with Gasteiger partial charge in [0.15, 0.2) is 12.6 Å². The molecule has 0 bridgehead atoms. The van der Waals surface area contributed by atoms with Crippen LogP contribution < -0.4 is 5.32 Å². The van der Waals surface area contributed by atoms with Gasteiger partial charge in [-0.2, -0.15) is 0 Å². The summed E-state index contributed by atoms with van der Waals surface area (Å²) in [4.78, 5) is 13.3. The maximum Gasteiger partial charge on any atom is 0.220 e. The molecule has 12 atom stereocenters. The van der Waals surface area contributed by atoms with Crippen molar-refractivity contribution >= 4 is 5.91 Å². The average molecular weight is 1260 g/mol. The topological polar surface area (TPSA) is 228 Å². The molecule has 14 nitrogen and oxygen atoms in total. The molecule has 0 aromatic rings. The third kappa shape index (κ3) is 42.6.